The molecule has 6 nitrogen and oxygen atoms in total. The fourth-order valence-corrected chi connectivity index (χ4v) is 2.02. The van der Waals surface area contributed by atoms with Crippen molar-refractivity contribution in [2.45, 2.75) is 0 Å². The van der Waals surface area contributed by atoms with Crippen LogP contribution in [0.1, 0.15) is 0 Å². The highest BCUT2D eigenvalue weighted by Gasteiger charge is 2.07. The van der Waals surface area contributed by atoms with Crippen LogP contribution in [-0.2, 0) is 0 Å². The van der Waals surface area contributed by atoms with E-state index in [4.69, 9.17) is 0 Å². The molecule has 0 atom stereocenters. The Morgan fingerprint density at radius 3 is 2.06 bits per heavy atom. The number of hydrogen-bond acceptors (Lipinski definition) is 4. The Labute approximate surface area is 110 Å². The molecule has 3 rings (SSSR count). The molecule has 0 aliphatic carbocycles. The number of nitrogens with zero attached hydrogens (tertiary/aromatic N) is 6. The Morgan fingerprint density at radius 2 is 1.41 bits per heavy atom. The Hall–Kier alpha value is -1.77. The molecule has 0 amide bonds. The third kappa shape index (κ3) is 1.93. The lowest BCUT2D eigenvalue weighted by Gasteiger charge is -2.05. The van der Waals surface area contributed by atoms with E-state index < -0.39 is 0 Å². The van der Waals surface area contributed by atoms with Crippen molar-refractivity contribution >= 4 is 22.6 Å². The van der Waals surface area contributed by atoms with E-state index in [1.54, 1.807) is 34.4 Å². The van der Waals surface area contributed by atoms with Gasteiger partial charge in [0, 0.05) is 3.57 Å². The molecule has 84 valence electrons. The van der Waals surface area contributed by atoms with E-state index in [9.17, 15) is 0 Å². The molecule has 0 fully saturated rings. The van der Waals surface area contributed by atoms with Crippen molar-refractivity contribution in [1.82, 2.24) is 30.0 Å². The van der Waals surface area contributed by atoms with Crippen molar-refractivity contribution in [2.75, 3.05) is 0 Å². The van der Waals surface area contributed by atoms with Gasteiger partial charge >= 0.3 is 0 Å². The summed E-state index contributed by atoms with van der Waals surface area (Å²) < 4.78 is 1.06. The first-order valence-electron chi connectivity index (χ1n) is 4.87. The Balaban J connectivity index is 2.13. The van der Waals surface area contributed by atoms with Crippen LogP contribution >= 0.6 is 22.6 Å². The predicted octanol–water partition coefficient (Wildman–Crippen LogP) is 1.45. The van der Waals surface area contributed by atoms with Gasteiger partial charge in [0.25, 0.3) is 0 Å². The van der Waals surface area contributed by atoms with Crippen molar-refractivity contribution in [3.8, 4) is 11.4 Å². The summed E-state index contributed by atoms with van der Waals surface area (Å²) in [4.78, 5) is 3.14. The molecule has 0 radical (unpaired) electrons. The average molecular weight is 338 g/mol. The normalized spacial score (nSPS) is 10.6. The summed E-state index contributed by atoms with van der Waals surface area (Å²) in [5.74, 6) is 0. The van der Waals surface area contributed by atoms with E-state index >= 15 is 0 Å². The summed E-state index contributed by atoms with van der Waals surface area (Å²) >= 11 is 2.25. The third-order valence-corrected chi connectivity index (χ3v) is 3.13. The second-order valence-electron chi connectivity index (χ2n) is 3.27. The highest BCUT2D eigenvalue weighted by molar-refractivity contribution is 14.1. The third-order valence-electron chi connectivity index (χ3n) is 2.21. The fraction of sp³-hybridized carbons (Fsp3) is 0. The zero-order chi connectivity index (χ0) is 11.7. The number of halogens is 1. The molecule has 1 aromatic carbocycles. The zero-order valence-electron chi connectivity index (χ0n) is 8.60. The van der Waals surface area contributed by atoms with Gasteiger partial charge in [-0.2, -0.15) is 30.0 Å². The van der Waals surface area contributed by atoms with Crippen LogP contribution < -0.4 is 0 Å². The minimum absolute atomic E-state index is 0.878. The minimum Gasteiger partial charge on any atom is -0.157 e. The van der Waals surface area contributed by atoms with Crippen LogP contribution in [0.3, 0.4) is 0 Å². The van der Waals surface area contributed by atoms with Gasteiger partial charge in [0.2, 0.25) is 0 Å². The van der Waals surface area contributed by atoms with E-state index in [0.717, 1.165) is 14.9 Å². The second-order valence-corrected chi connectivity index (χ2v) is 4.43. The van der Waals surface area contributed by atoms with Crippen LogP contribution in [0.4, 0.5) is 0 Å². The molecule has 0 aliphatic heterocycles. The molecule has 0 saturated carbocycles. The van der Waals surface area contributed by atoms with Crippen molar-refractivity contribution in [1.29, 1.82) is 0 Å². The van der Waals surface area contributed by atoms with Gasteiger partial charge in [-0.05, 0) is 40.8 Å². The SMILES string of the molecule is Ic1ccc(-n2nccn2)cc1-n1nccn1. The first-order chi connectivity index (χ1) is 8.34. The van der Waals surface area contributed by atoms with E-state index in [-0.39, 0.29) is 0 Å². The second kappa shape index (κ2) is 4.24. The van der Waals surface area contributed by atoms with Gasteiger partial charge in [-0.1, -0.05) is 0 Å². The molecule has 0 saturated heterocycles. The van der Waals surface area contributed by atoms with E-state index in [0.29, 0.717) is 0 Å². The van der Waals surface area contributed by atoms with Crippen molar-refractivity contribution in [2.24, 2.45) is 0 Å². The summed E-state index contributed by atoms with van der Waals surface area (Å²) in [6.07, 6.45) is 6.58. The van der Waals surface area contributed by atoms with Gasteiger partial charge in [0.15, 0.2) is 0 Å². The molecule has 3 aromatic rings. The lowest BCUT2D eigenvalue weighted by Crippen LogP contribution is -2.04. The lowest BCUT2D eigenvalue weighted by atomic mass is 10.3. The van der Waals surface area contributed by atoms with Gasteiger partial charge in [0.1, 0.15) is 5.69 Å². The Bertz CT molecular complexity index is 616. The van der Waals surface area contributed by atoms with Crippen molar-refractivity contribution in [3.63, 3.8) is 0 Å². The van der Waals surface area contributed by atoms with Crippen LogP contribution in [0.2, 0.25) is 0 Å². The predicted molar refractivity (Wildman–Crippen MR) is 69.0 cm³/mol. The van der Waals surface area contributed by atoms with Crippen LogP contribution in [0.15, 0.2) is 43.0 Å². The van der Waals surface area contributed by atoms with Crippen molar-refractivity contribution < 1.29 is 0 Å². The number of rotatable bonds is 2. The van der Waals surface area contributed by atoms with Gasteiger partial charge in [-0.25, -0.2) is 0 Å². The molecule has 2 heterocycles. The highest BCUT2D eigenvalue weighted by Crippen LogP contribution is 2.18. The standard InChI is InChI=1S/C10H7IN6/c11-9-2-1-8(16-12-3-4-13-16)7-10(9)17-14-5-6-15-17/h1-7H. The van der Waals surface area contributed by atoms with Crippen LogP contribution in [0.25, 0.3) is 11.4 Å². The summed E-state index contributed by atoms with van der Waals surface area (Å²) in [6, 6.07) is 5.88. The summed E-state index contributed by atoms with van der Waals surface area (Å²) in [5.41, 5.74) is 1.79. The van der Waals surface area contributed by atoms with Crippen molar-refractivity contribution in [3.05, 3.63) is 46.6 Å². The first kappa shape index (κ1) is 10.4. The molecule has 0 spiro atoms. The van der Waals surface area contributed by atoms with Crippen LogP contribution in [0, 0.1) is 3.57 Å². The molecule has 0 N–H and O–H groups in total. The number of aromatic nitrogens is 6. The van der Waals surface area contributed by atoms with Gasteiger partial charge in [-0.3, -0.25) is 0 Å². The topological polar surface area (TPSA) is 61.4 Å². The van der Waals surface area contributed by atoms with Crippen LogP contribution in [0.5, 0.6) is 0 Å². The van der Waals surface area contributed by atoms with Gasteiger partial charge in [0.05, 0.1) is 30.5 Å². The molecule has 2 aromatic heterocycles. The highest BCUT2D eigenvalue weighted by atomic mass is 127. The van der Waals surface area contributed by atoms with Crippen LogP contribution in [-0.4, -0.2) is 30.0 Å². The number of hydrogen-bond donors (Lipinski definition) is 0. The lowest BCUT2D eigenvalue weighted by molar-refractivity contribution is 0.730. The maximum Gasteiger partial charge on any atom is 0.101 e. The molecule has 17 heavy (non-hydrogen) atoms. The fourth-order valence-electron chi connectivity index (χ4n) is 1.47. The maximum atomic E-state index is 4.12. The molecule has 0 unspecified atom stereocenters. The summed E-state index contributed by atoms with van der Waals surface area (Å²) in [5, 5.41) is 16.4. The zero-order valence-corrected chi connectivity index (χ0v) is 10.8. The minimum atomic E-state index is 0.878. The average Bonchev–Trinajstić information content (AvgIpc) is 3.03. The van der Waals surface area contributed by atoms with E-state index in [2.05, 4.69) is 43.0 Å². The molecule has 0 bridgehead atoms. The van der Waals surface area contributed by atoms with Gasteiger partial charge in [-0.15, -0.1) is 0 Å². The summed E-state index contributed by atoms with van der Waals surface area (Å²) in [6.45, 7) is 0. The van der Waals surface area contributed by atoms with Gasteiger partial charge < -0.3 is 0 Å². The van der Waals surface area contributed by atoms with E-state index in [1.807, 2.05) is 18.2 Å². The monoisotopic (exact) mass is 338 g/mol. The number of benzene rings is 1. The molecule has 7 heteroatoms. The smallest absolute Gasteiger partial charge is 0.101 e. The first-order valence-corrected chi connectivity index (χ1v) is 5.95. The summed E-state index contributed by atoms with van der Waals surface area (Å²) in [7, 11) is 0. The molecular weight excluding hydrogens is 331 g/mol. The maximum absolute atomic E-state index is 4.12. The van der Waals surface area contributed by atoms with E-state index in [1.165, 1.54) is 0 Å². The largest absolute Gasteiger partial charge is 0.157 e. The Kier molecular flexibility index (Phi) is 2.59. The quantitative estimate of drug-likeness (QED) is 0.664. The Morgan fingerprint density at radius 1 is 0.824 bits per heavy atom. The molecular formula is C10H7IN6. The molecule has 0 aliphatic rings.